The first-order valence-corrected chi connectivity index (χ1v) is 12.5. The zero-order valence-corrected chi connectivity index (χ0v) is 21.2. The number of carbonyl (C=O) groups excluding carboxylic acids is 1. The summed E-state index contributed by atoms with van der Waals surface area (Å²) in [4.78, 5) is 12.4. The fourth-order valence-electron chi connectivity index (χ4n) is 4.06. The highest BCUT2D eigenvalue weighted by molar-refractivity contribution is 6.32. The van der Waals surface area contributed by atoms with Crippen LogP contribution in [0.2, 0.25) is 5.02 Å². The first kappa shape index (κ1) is 25.9. The monoisotopic (exact) mass is 514 g/mol. The third-order valence-electron chi connectivity index (χ3n) is 5.94. The van der Waals surface area contributed by atoms with Gasteiger partial charge in [0.25, 0.3) is 0 Å². The number of benzene rings is 3. The van der Waals surface area contributed by atoms with Crippen molar-refractivity contribution in [1.29, 1.82) is 5.26 Å². The molecule has 6 nitrogen and oxygen atoms in total. The Morgan fingerprint density at radius 3 is 2.59 bits per heavy atom. The normalized spacial score (nSPS) is 14.6. The fraction of sp³-hybridized carbons (Fsp3) is 0.200. The number of rotatable bonds is 9. The predicted octanol–water partition coefficient (Wildman–Crippen LogP) is 6.75. The van der Waals surface area contributed by atoms with E-state index in [0.717, 1.165) is 36.1 Å². The Morgan fingerprint density at radius 1 is 1.11 bits per heavy atom. The Balaban J connectivity index is 1.53. The summed E-state index contributed by atoms with van der Waals surface area (Å²) < 4.78 is 17.0. The SMILES string of the molecule is CCCCCOc1ccc(C2C(C#N)=C(N)Oc3cc(OC(=O)/C=C/c4ccccc4Cl)ccc32)cc1. The zero-order valence-electron chi connectivity index (χ0n) is 20.4. The highest BCUT2D eigenvalue weighted by Gasteiger charge is 2.31. The van der Waals surface area contributed by atoms with E-state index in [4.69, 9.17) is 31.5 Å². The molecule has 3 aromatic carbocycles. The lowest BCUT2D eigenvalue weighted by molar-refractivity contribution is -0.128. The molecule has 1 unspecified atom stereocenters. The Morgan fingerprint density at radius 2 is 1.86 bits per heavy atom. The van der Waals surface area contributed by atoms with Crippen LogP contribution in [0.4, 0.5) is 0 Å². The van der Waals surface area contributed by atoms with Gasteiger partial charge in [0.1, 0.15) is 28.9 Å². The van der Waals surface area contributed by atoms with Gasteiger partial charge in [0.2, 0.25) is 5.88 Å². The molecule has 0 radical (unpaired) electrons. The number of esters is 1. The maximum absolute atomic E-state index is 12.4. The molecular formula is C30H27ClN2O4. The Hall–Kier alpha value is -4.21. The average molecular weight is 515 g/mol. The number of nitriles is 1. The molecule has 1 atom stereocenters. The van der Waals surface area contributed by atoms with Gasteiger partial charge in [-0.05, 0) is 47.9 Å². The van der Waals surface area contributed by atoms with E-state index in [9.17, 15) is 10.1 Å². The fourth-order valence-corrected chi connectivity index (χ4v) is 4.26. The molecule has 7 heteroatoms. The van der Waals surface area contributed by atoms with Crippen molar-refractivity contribution in [2.45, 2.75) is 32.1 Å². The molecule has 0 saturated heterocycles. The number of ether oxygens (including phenoxy) is 3. The third-order valence-corrected chi connectivity index (χ3v) is 6.29. The largest absolute Gasteiger partial charge is 0.494 e. The Kier molecular flexibility index (Phi) is 8.50. The van der Waals surface area contributed by atoms with Crippen molar-refractivity contribution in [2.75, 3.05) is 6.61 Å². The van der Waals surface area contributed by atoms with E-state index >= 15 is 0 Å². The van der Waals surface area contributed by atoms with Gasteiger partial charge in [0.15, 0.2) is 0 Å². The van der Waals surface area contributed by atoms with Crippen LogP contribution in [0.5, 0.6) is 17.2 Å². The quantitative estimate of drug-likeness (QED) is 0.147. The highest BCUT2D eigenvalue weighted by atomic mass is 35.5. The molecule has 0 amide bonds. The summed E-state index contributed by atoms with van der Waals surface area (Å²) in [5, 5.41) is 10.3. The van der Waals surface area contributed by atoms with E-state index < -0.39 is 11.9 Å². The van der Waals surface area contributed by atoms with Crippen molar-refractivity contribution in [2.24, 2.45) is 5.73 Å². The molecule has 3 aromatic rings. The van der Waals surface area contributed by atoms with E-state index in [1.54, 1.807) is 36.4 Å². The lowest BCUT2D eigenvalue weighted by Gasteiger charge is -2.26. The van der Waals surface area contributed by atoms with Crippen LogP contribution < -0.4 is 19.9 Å². The lowest BCUT2D eigenvalue weighted by Crippen LogP contribution is -2.21. The maximum Gasteiger partial charge on any atom is 0.336 e. The number of halogens is 1. The third kappa shape index (κ3) is 6.32. The van der Waals surface area contributed by atoms with E-state index in [-0.39, 0.29) is 11.6 Å². The van der Waals surface area contributed by atoms with Crippen molar-refractivity contribution < 1.29 is 19.0 Å². The van der Waals surface area contributed by atoms with Crippen molar-refractivity contribution >= 4 is 23.6 Å². The number of hydrogen-bond acceptors (Lipinski definition) is 6. The minimum atomic E-state index is -0.567. The minimum Gasteiger partial charge on any atom is -0.494 e. The second-order valence-electron chi connectivity index (χ2n) is 8.52. The maximum atomic E-state index is 12.4. The molecule has 2 N–H and O–H groups in total. The number of allylic oxidation sites excluding steroid dienone is 1. The Labute approximate surface area is 221 Å². The number of nitrogens with zero attached hydrogens (tertiary/aromatic N) is 1. The van der Waals surface area contributed by atoms with Gasteiger partial charge in [-0.1, -0.05) is 67.8 Å². The molecule has 1 heterocycles. The van der Waals surface area contributed by atoms with Crippen molar-refractivity contribution in [3.63, 3.8) is 0 Å². The number of unbranched alkanes of at least 4 members (excludes halogenated alkanes) is 2. The van der Waals surface area contributed by atoms with Gasteiger partial charge in [-0.25, -0.2) is 4.79 Å². The summed E-state index contributed by atoms with van der Waals surface area (Å²) in [6, 6.07) is 22.0. The molecule has 4 rings (SSSR count). The van der Waals surface area contributed by atoms with Crippen LogP contribution in [0.1, 0.15) is 48.8 Å². The first-order chi connectivity index (χ1) is 18.0. The number of carbonyl (C=O) groups is 1. The number of hydrogen-bond donors (Lipinski definition) is 1. The summed E-state index contributed by atoms with van der Waals surface area (Å²) in [5.41, 5.74) is 8.75. The van der Waals surface area contributed by atoms with Crippen LogP contribution in [0.15, 0.2) is 84.3 Å². The summed E-state index contributed by atoms with van der Waals surface area (Å²) in [7, 11) is 0. The number of nitrogens with two attached hydrogens (primary N) is 1. The van der Waals surface area contributed by atoms with Gasteiger partial charge >= 0.3 is 5.97 Å². The molecule has 1 aliphatic heterocycles. The van der Waals surface area contributed by atoms with E-state index in [1.165, 1.54) is 6.08 Å². The van der Waals surface area contributed by atoms with Gasteiger partial charge < -0.3 is 19.9 Å². The van der Waals surface area contributed by atoms with Gasteiger partial charge in [0.05, 0.1) is 12.5 Å². The van der Waals surface area contributed by atoms with Crippen molar-refractivity contribution in [3.8, 4) is 23.3 Å². The molecule has 1 aliphatic rings. The highest BCUT2D eigenvalue weighted by Crippen LogP contribution is 2.43. The smallest absolute Gasteiger partial charge is 0.336 e. The Bertz CT molecular complexity index is 1370. The van der Waals surface area contributed by atoms with Crippen molar-refractivity contribution in [1.82, 2.24) is 0 Å². The second kappa shape index (κ2) is 12.2. The van der Waals surface area contributed by atoms with Gasteiger partial charge in [-0.3, -0.25) is 0 Å². The summed E-state index contributed by atoms with van der Waals surface area (Å²) >= 11 is 6.13. The molecule has 37 heavy (non-hydrogen) atoms. The van der Waals surface area contributed by atoms with E-state index in [2.05, 4.69) is 13.0 Å². The van der Waals surface area contributed by atoms with Crippen LogP contribution in [-0.2, 0) is 4.79 Å². The molecule has 0 fully saturated rings. The first-order valence-electron chi connectivity index (χ1n) is 12.1. The van der Waals surface area contributed by atoms with Crippen LogP contribution in [0, 0.1) is 11.3 Å². The molecule has 0 aliphatic carbocycles. The van der Waals surface area contributed by atoms with Gasteiger partial charge in [-0.2, -0.15) is 5.26 Å². The van der Waals surface area contributed by atoms with Crippen LogP contribution >= 0.6 is 11.6 Å². The van der Waals surface area contributed by atoms with Gasteiger partial charge in [0, 0.05) is 22.7 Å². The molecule has 0 aromatic heterocycles. The molecule has 0 bridgehead atoms. The average Bonchev–Trinajstić information content (AvgIpc) is 2.90. The lowest BCUT2D eigenvalue weighted by atomic mass is 9.83. The molecule has 0 saturated carbocycles. The van der Waals surface area contributed by atoms with Crippen LogP contribution in [-0.4, -0.2) is 12.6 Å². The van der Waals surface area contributed by atoms with E-state index in [1.807, 2.05) is 36.4 Å². The number of fused-ring (bicyclic) bond motifs is 1. The zero-order chi connectivity index (χ0) is 26.2. The molecule has 188 valence electrons. The topological polar surface area (TPSA) is 94.6 Å². The molecule has 0 spiro atoms. The van der Waals surface area contributed by atoms with Gasteiger partial charge in [-0.15, -0.1) is 0 Å². The van der Waals surface area contributed by atoms with Crippen molar-refractivity contribution in [3.05, 3.63) is 106 Å². The summed E-state index contributed by atoms with van der Waals surface area (Å²) in [5.74, 6) is 0.504. The summed E-state index contributed by atoms with van der Waals surface area (Å²) in [6.45, 7) is 2.82. The van der Waals surface area contributed by atoms with E-state index in [0.29, 0.717) is 28.5 Å². The molecular weight excluding hydrogens is 488 g/mol. The predicted molar refractivity (Wildman–Crippen MR) is 143 cm³/mol. The second-order valence-corrected chi connectivity index (χ2v) is 8.93. The minimum absolute atomic E-state index is 0.0157. The summed E-state index contributed by atoms with van der Waals surface area (Å²) in [6.07, 6.45) is 6.16. The standard InChI is InChI=1S/C30H27ClN2O4/c1-2-3-6-17-35-22-12-9-21(10-13-22)29-24-15-14-23(18-27(24)37-30(33)25(29)19-32)36-28(34)16-11-20-7-4-5-8-26(20)31/h4-5,7-16,18,29H,2-3,6,17,33H2,1H3/b16-11+. The van der Waals surface area contributed by atoms with Crippen LogP contribution in [0.25, 0.3) is 6.08 Å². The van der Waals surface area contributed by atoms with Crippen LogP contribution in [0.3, 0.4) is 0 Å².